The van der Waals surface area contributed by atoms with Gasteiger partial charge in [0.2, 0.25) is 0 Å². The van der Waals surface area contributed by atoms with Gasteiger partial charge in [-0.15, -0.1) is 0 Å². The lowest BCUT2D eigenvalue weighted by atomic mass is 10.2. The van der Waals surface area contributed by atoms with E-state index in [1.54, 1.807) is 10.6 Å². The minimum Gasteiger partial charge on any atom is -0.0622 e. The van der Waals surface area contributed by atoms with Gasteiger partial charge < -0.3 is 0 Å². The number of hydrogen-bond acceptors (Lipinski definition) is 0. The fourth-order valence-electron chi connectivity index (χ4n) is 3.77. The Morgan fingerprint density at radius 2 is 0.714 bits per heavy atom. The van der Waals surface area contributed by atoms with E-state index in [2.05, 4.69) is 126 Å². The van der Waals surface area contributed by atoms with Crippen LogP contribution in [0.15, 0.2) is 84.9 Å². The van der Waals surface area contributed by atoms with Crippen molar-refractivity contribution < 1.29 is 0 Å². The molecule has 0 saturated heterocycles. The van der Waals surface area contributed by atoms with E-state index in [0.29, 0.717) is 0 Å². The van der Waals surface area contributed by atoms with Crippen molar-refractivity contribution >= 4 is 37.1 Å². The van der Waals surface area contributed by atoms with Crippen molar-refractivity contribution in [3.05, 3.63) is 84.9 Å². The first-order valence-corrected chi connectivity index (χ1v) is 12.7. The lowest BCUT2D eigenvalue weighted by Crippen LogP contribution is -2.38. The molecule has 0 nitrogen and oxygen atoms in total. The lowest BCUT2D eigenvalue weighted by Gasteiger charge is -2.38. The molecular weight excluding hydrogens is 374 g/mol. The molecule has 0 fully saturated rings. The van der Waals surface area contributed by atoms with Gasteiger partial charge in [-0.05, 0) is 47.4 Å². The second kappa shape index (κ2) is 8.49. The van der Waals surface area contributed by atoms with Gasteiger partial charge in [0.1, 0.15) is 0 Å². The van der Waals surface area contributed by atoms with Gasteiger partial charge in [-0.25, -0.2) is 0 Å². The van der Waals surface area contributed by atoms with Crippen LogP contribution in [-0.2, 0) is 0 Å². The second-order valence-corrected chi connectivity index (χ2v) is 15.2. The predicted molar refractivity (Wildman–Crippen MR) is 131 cm³/mol. The van der Waals surface area contributed by atoms with Gasteiger partial charge in [-0.2, -0.15) is 0 Å². The molecule has 3 aromatic carbocycles. The van der Waals surface area contributed by atoms with Crippen molar-refractivity contribution in [2.45, 2.75) is 51.9 Å². The zero-order valence-corrected chi connectivity index (χ0v) is 19.8. The zero-order valence-electron chi connectivity index (χ0n) is 18.0. The summed E-state index contributed by atoms with van der Waals surface area (Å²) in [5.74, 6) is 0. The highest BCUT2D eigenvalue weighted by atomic mass is 31.1. The van der Waals surface area contributed by atoms with Gasteiger partial charge in [-0.1, -0.05) is 126 Å². The maximum Gasteiger partial charge on any atom is -0.00989 e. The Morgan fingerprint density at radius 1 is 0.429 bits per heavy atom. The highest BCUT2D eigenvalue weighted by Gasteiger charge is 2.34. The van der Waals surface area contributed by atoms with E-state index in [0.717, 1.165) is 0 Å². The SMILES string of the molecule is CC(C)(C)P(c1ccccc1)c1ccccc1P(c1ccccc1)C(C)(C)C. The van der Waals surface area contributed by atoms with Crippen molar-refractivity contribution in [3.8, 4) is 0 Å². The van der Waals surface area contributed by atoms with Crippen molar-refractivity contribution in [1.29, 1.82) is 0 Å². The topological polar surface area (TPSA) is 0 Å². The van der Waals surface area contributed by atoms with Gasteiger partial charge >= 0.3 is 0 Å². The van der Waals surface area contributed by atoms with E-state index in [-0.39, 0.29) is 10.3 Å². The summed E-state index contributed by atoms with van der Waals surface area (Å²) in [7, 11) is -0.933. The van der Waals surface area contributed by atoms with E-state index in [4.69, 9.17) is 0 Å². The van der Waals surface area contributed by atoms with E-state index in [9.17, 15) is 0 Å². The summed E-state index contributed by atoms with van der Waals surface area (Å²) in [6, 6.07) is 31.5. The van der Waals surface area contributed by atoms with Crippen molar-refractivity contribution in [2.24, 2.45) is 0 Å². The number of benzene rings is 3. The Labute approximate surface area is 173 Å². The molecule has 2 atom stereocenters. The maximum atomic E-state index is 2.39. The van der Waals surface area contributed by atoms with E-state index >= 15 is 0 Å². The predicted octanol–water partition coefficient (Wildman–Crippen LogP) is 6.15. The summed E-state index contributed by atoms with van der Waals surface area (Å²) in [4.78, 5) is 0. The third kappa shape index (κ3) is 4.74. The van der Waals surface area contributed by atoms with Gasteiger partial charge in [0, 0.05) is 0 Å². The summed E-state index contributed by atoms with van der Waals surface area (Å²) >= 11 is 0. The van der Waals surface area contributed by atoms with Crippen LogP contribution in [0.4, 0.5) is 0 Å². The monoisotopic (exact) mass is 406 g/mol. The Bertz CT molecular complexity index is 810. The highest BCUT2D eigenvalue weighted by Crippen LogP contribution is 2.52. The molecule has 0 spiro atoms. The molecule has 0 heterocycles. The van der Waals surface area contributed by atoms with Crippen molar-refractivity contribution in [3.63, 3.8) is 0 Å². The molecule has 2 unspecified atom stereocenters. The minimum absolute atomic E-state index is 0.197. The minimum atomic E-state index is -0.466. The molecule has 0 bridgehead atoms. The van der Waals surface area contributed by atoms with Crippen molar-refractivity contribution in [2.75, 3.05) is 0 Å². The average Bonchev–Trinajstić information content (AvgIpc) is 2.63. The first kappa shape index (κ1) is 21.2. The standard InChI is InChI=1S/C26H32P2/c1-25(2,3)27(21-15-9-7-10-16-21)23-19-13-14-20-24(23)28(26(4,5)6)22-17-11-8-12-18-22/h7-20H,1-6H3. The van der Waals surface area contributed by atoms with Crippen LogP contribution in [-0.4, -0.2) is 10.3 Å². The first-order chi connectivity index (χ1) is 13.2. The molecule has 0 amide bonds. The molecule has 0 aliphatic carbocycles. The Hall–Kier alpha value is -1.48. The Morgan fingerprint density at radius 3 is 1.00 bits per heavy atom. The molecule has 0 aliphatic heterocycles. The largest absolute Gasteiger partial charge is 0.0622 e. The lowest BCUT2D eigenvalue weighted by molar-refractivity contribution is 0.791. The molecular formula is C26H32P2. The van der Waals surface area contributed by atoms with Crippen molar-refractivity contribution in [1.82, 2.24) is 0 Å². The van der Waals surface area contributed by atoms with E-state index < -0.39 is 15.8 Å². The maximum absolute atomic E-state index is 2.39. The summed E-state index contributed by atoms with van der Waals surface area (Å²) in [5, 5.41) is 6.41. The summed E-state index contributed by atoms with van der Waals surface area (Å²) in [6.45, 7) is 14.4. The van der Waals surface area contributed by atoms with Crippen LogP contribution in [0.5, 0.6) is 0 Å². The van der Waals surface area contributed by atoms with E-state index in [1.165, 1.54) is 10.6 Å². The summed E-state index contributed by atoms with van der Waals surface area (Å²) in [5.41, 5.74) is 0. The van der Waals surface area contributed by atoms with Crippen LogP contribution in [0.1, 0.15) is 41.5 Å². The van der Waals surface area contributed by atoms with Gasteiger partial charge in [0.05, 0.1) is 0 Å². The number of rotatable bonds is 4. The third-order valence-electron chi connectivity index (χ3n) is 4.73. The molecule has 146 valence electrons. The summed E-state index contributed by atoms with van der Waals surface area (Å²) in [6.07, 6.45) is 0. The van der Waals surface area contributed by atoms with Gasteiger partial charge in [0.25, 0.3) is 0 Å². The van der Waals surface area contributed by atoms with Crippen LogP contribution >= 0.6 is 15.8 Å². The second-order valence-electron chi connectivity index (χ2n) is 9.17. The fourth-order valence-corrected chi connectivity index (χ4v) is 9.94. The highest BCUT2D eigenvalue weighted by molar-refractivity contribution is 7.80. The van der Waals surface area contributed by atoms with E-state index in [1.807, 2.05) is 0 Å². The van der Waals surface area contributed by atoms with Crippen LogP contribution in [0.25, 0.3) is 0 Å². The normalized spacial score (nSPS) is 14.5. The van der Waals surface area contributed by atoms with Gasteiger partial charge in [0.15, 0.2) is 0 Å². The molecule has 3 rings (SSSR count). The Kier molecular flexibility index (Phi) is 6.44. The molecule has 0 N–H and O–H groups in total. The first-order valence-electron chi connectivity index (χ1n) is 9.99. The number of hydrogen-bond donors (Lipinski definition) is 0. The molecule has 2 heteroatoms. The fraction of sp³-hybridized carbons (Fsp3) is 0.308. The molecule has 0 radical (unpaired) electrons. The van der Waals surface area contributed by atoms with Crippen LogP contribution in [0.3, 0.4) is 0 Å². The molecule has 28 heavy (non-hydrogen) atoms. The van der Waals surface area contributed by atoms with Crippen LogP contribution < -0.4 is 21.2 Å². The van der Waals surface area contributed by atoms with Gasteiger partial charge in [-0.3, -0.25) is 0 Å². The third-order valence-corrected chi connectivity index (χ3v) is 11.0. The zero-order chi connectivity index (χ0) is 20.4. The summed E-state index contributed by atoms with van der Waals surface area (Å²) < 4.78 is 0. The Balaban J connectivity index is 2.24. The van der Waals surface area contributed by atoms with Crippen LogP contribution in [0.2, 0.25) is 0 Å². The van der Waals surface area contributed by atoms with Crippen LogP contribution in [0, 0.1) is 0 Å². The molecule has 0 saturated carbocycles. The quantitative estimate of drug-likeness (QED) is 0.456. The molecule has 3 aromatic rings. The molecule has 0 aromatic heterocycles. The smallest absolute Gasteiger partial charge is 0.00989 e. The average molecular weight is 406 g/mol. The molecule has 0 aliphatic rings.